The molecule has 1 amide bonds. The molecule has 1 aliphatic rings. The fraction of sp³-hybridized carbons (Fsp3) is 0.533. The summed E-state index contributed by atoms with van der Waals surface area (Å²) in [6.07, 6.45) is 1.21. The molecule has 1 aliphatic heterocycles. The van der Waals surface area contributed by atoms with Crippen molar-refractivity contribution in [2.24, 2.45) is 11.7 Å². The second-order valence-corrected chi connectivity index (χ2v) is 5.60. The summed E-state index contributed by atoms with van der Waals surface area (Å²) in [6.45, 7) is 4.86. The van der Waals surface area contributed by atoms with Gasteiger partial charge in [-0.15, -0.1) is 0 Å². The van der Waals surface area contributed by atoms with Crippen LogP contribution in [-0.4, -0.2) is 23.4 Å². The van der Waals surface area contributed by atoms with Crippen LogP contribution in [0.5, 0.6) is 0 Å². The van der Waals surface area contributed by atoms with Gasteiger partial charge in [0.25, 0.3) is 0 Å². The van der Waals surface area contributed by atoms with Gasteiger partial charge >= 0.3 is 0 Å². The predicted molar refractivity (Wildman–Crippen MR) is 72.9 cm³/mol. The van der Waals surface area contributed by atoms with Crippen LogP contribution in [0, 0.1) is 11.7 Å². The Labute approximate surface area is 113 Å². The number of hydrogen-bond acceptors (Lipinski definition) is 2. The Morgan fingerprint density at radius 3 is 2.74 bits per heavy atom. The van der Waals surface area contributed by atoms with Gasteiger partial charge in [0, 0.05) is 24.6 Å². The van der Waals surface area contributed by atoms with Gasteiger partial charge in [-0.1, -0.05) is 32.0 Å². The standard InChI is InChI=1S/C15H21FN2O/c1-10(2)7-8-18-14(19)9-13(17)15(18)11-5-3-4-6-12(11)16/h3-6,10,13,15H,7-9,17H2,1-2H3. The van der Waals surface area contributed by atoms with E-state index in [0.29, 0.717) is 24.4 Å². The van der Waals surface area contributed by atoms with E-state index < -0.39 is 0 Å². The minimum Gasteiger partial charge on any atom is -0.334 e. The Morgan fingerprint density at radius 1 is 1.42 bits per heavy atom. The maximum absolute atomic E-state index is 13.9. The van der Waals surface area contributed by atoms with Crippen LogP contribution in [0.2, 0.25) is 0 Å². The quantitative estimate of drug-likeness (QED) is 0.908. The lowest BCUT2D eigenvalue weighted by Gasteiger charge is -2.28. The minimum atomic E-state index is -0.326. The van der Waals surface area contributed by atoms with Gasteiger partial charge in [-0.25, -0.2) is 4.39 Å². The first-order chi connectivity index (χ1) is 9.00. The highest BCUT2D eigenvalue weighted by molar-refractivity contribution is 5.80. The van der Waals surface area contributed by atoms with Gasteiger partial charge in [-0.05, 0) is 18.4 Å². The summed E-state index contributed by atoms with van der Waals surface area (Å²) in [7, 11) is 0. The number of rotatable bonds is 4. The molecule has 0 spiro atoms. The number of nitrogens with two attached hydrogens (primary N) is 1. The molecule has 0 aliphatic carbocycles. The van der Waals surface area contributed by atoms with Gasteiger partial charge < -0.3 is 10.6 Å². The number of benzene rings is 1. The van der Waals surface area contributed by atoms with E-state index in [1.165, 1.54) is 6.07 Å². The lowest BCUT2D eigenvalue weighted by atomic mass is 9.99. The molecule has 2 rings (SSSR count). The average Bonchev–Trinajstić information content (AvgIpc) is 2.62. The van der Waals surface area contributed by atoms with Crippen molar-refractivity contribution in [3.8, 4) is 0 Å². The molecule has 0 bridgehead atoms. The van der Waals surface area contributed by atoms with Crippen molar-refractivity contribution in [2.45, 2.75) is 38.8 Å². The van der Waals surface area contributed by atoms with Crippen molar-refractivity contribution < 1.29 is 9.18 Å². The molecule has 1 aromatic carbocycles. The second-order valence-electron chi connectivity index (χ2n) is 5.60. The molecule has 1 heterocycles. The Hall–Kier alpha value is -1.42. The van der Waals surface area contributed by atoms with Crippen LogP contribution in [0.4, 0.5) is 4.39 Å². The smallest absolute Gasteiger partial charge is 0.224 e. The molecule has 0 radical (unpaired) electrons. The van der Waals surface area contributed by atoms with Crippen LogP contribution in [-0.2, 0) is 4.79 Å². The van der Waals surface area contributed by atoms with Crippen molar-refractivity contribution in [2.75, 3.05) is 6.54 Å². The third kappa shape index (κ3) is 2.95. The number of nitrogens with zero attached hydrogens (tertiary/aromatic N) is 1. The first-order valence-electron chi connectivity index (χ1n) is 6.80. The van der Waals surface area contributed by atoms with E-state index in [9.17, 15) is 9.18 Å². The molecule has 19 heavy (non-hydrogen) atoms. The molecule has 0 aromatic heterocycles. The molecule has 3 nitrogen and oxygen atoms in total. The second kappa shape index (κ2) is 5.70. The van der Waals surface area contributed by atoms with Gasteiger partial charge in [-0.3, -0.25) is 4.79 Å². The van der Waals surface area contributed by atoms with Crippen LogP contribution < -0.4 is 5.73 Å². The molecule has 104 valence electrons. The fourth-order valence-electron chi connectivity index (χ4n) is 2.59. The lowest BCUT2D eigenvalue weighted by Crippen LogP contribution is -2.34. The zero-order chi connectivity index (χ0) is 14.0. The van der Waals surface area contributed by atoms with E-state index >= 15 is 0 Å². The number of hydrogen-bond donors (Lipinski definition) is 1. The van der Waals surface area contributed by atoms with Crippen molar-refractivity contribution in [1.82, 2.24) is 4.90 Å². The molecule has 4 heteroatoms. The van der Waals surface area contributed by atoms with Gasteiger partial charge in [0.1, 0.15) is 5.82 Å². The molecule has 1 aromatic rings. The van der Waals surface area contributed by atoms with Crippen molar-refractivity contribution in [3.05, 3.63) is 35.6 Å². The van der Waals surface area contributed by atoms with Gasteiger partial charge in [-0.2, -0.15) is 0 Å². The Kier molecular flexibility index (Phi) is 4.20. The average molecular weight is 264 g/mol. The molecule has 0 saturated carbocycles. The number of carbonyl (C=O) groups excluding carboxylic acids is 1. The molecule has 1 saturated heterocycles. The van der Waals surface area contributed by atoms with Gasteiger partial charge in [0.2, 0.25) is 5.91 Å². The largest absolute Gasteiger partial charge is 0.334 e. The summed E-state index contributed by atoms with van der Waals surface area (Å²) >= 11 is 0. The van der Waals surface area contributed by atoms with Crippen LogP contribution in [0.1, 0.15) is 38.3 Å². The maximum Gasteiger partial charge on any atom is 0.224 e. The molecular formula is C15H21FN2O. The molecule has 2 unspecified atom stereocenters. The Morgan fingerprint density at radius 2 is 2.11 bits per heavy atom. The molecule has 1 fully saturated rings. The Bertz CT molecular complexity index is 461. The lowest BCUT2D eigenvalue weighted by molar-refractivity contribution is -0.129. The van der Waals surface area contributed by atoms with Gasteiger partial charge in [0.05, 0.1) is 6.04 Å². The summed E-state index contributed by atoms with van der Waals surface area (Å²) in [5.41, 5.74) is 6.57. The fourth-order valence-corrected chi connectivity index (χ4v) is 2.59. The summed E-state index contributed by atoms with van der Waals surface area (Å²) in [4.78, 5) is 13.8. The summed E-state index contributed by atoms with van der Waals surface area (Å²) in [6, 6.07) is 5.93. The van der Waals surface area contributed by atoms with Crippen molar-refractivity contribution in [1.29, 1.82) is 0 Å². The number of amides is 1. The van der Waals surface area contributed by atoms with E-state index in [4.69, 9.17) is 5.73 Å². The normalized spacial score (nSPS) is 23.4. The maximum atomic E-state index is 13.9. The van der Waals surface area contributed by atoms with E-state index in [1.54, 1.807) is 23.1 Å². The zero-order valence-electron chi connectivity index (χ0n) is 11.5. The number of likely N-dealkylation sites (tertiary alicyclic amines) is 1. The molecule has 2 N–H and O–H groups in total. The van der Waals surface area contributed by atoms with E-state index in [1.807, 2.05) is 0 Å². The van der Waals surface area contributed by atoms with E-state index in [2.05, 4.69) is 13.8 Å². The molecule has 2 atom stereocenters. The predicted octanol–water partition coefficient (Wildman–Crippen LogP) is 2.47. The van der Waals surface area contributed by atoms with E-state index in [-0.39, 0.29) is 23.8 Å². The number of carbonyl (C=O) groups is 1. The van der Waals surface area contributed by atoms with Crippen LogP contribution in [0.15, 0.2) is 24.3 Å². The van der Waals surface area contributed by atoms with Crippen LogP contribution in [0.25, 0.3) is 0 Å². The highest BCUT2D eigenvalue weighted by Crippen LogP contribution is 2.33. The highest BCUT2D eigenvalue weighted by atomic mass is 19.1. The Balaban J connectivity index is 2.25. The van der Waals surface area contributed by atoms with Gasteiger partial charge in [0.15, 0.2) is 0 Å². The first kappa shape index (κ1) is 14.0. The summed E-state index contributed by atoms with van der Waals surface area (Å²) in [5, 5.41) is 0. The number of halogens is 1. The highest BCUT2D eigenvalue weighted by Gasteiger charge is 2.39. The third-order valence-electron chi connectivity index (χ3n) is 3.64. The van der Waals surface area contributed by atoms with Crippen LogP contribution >= 0.6 is 0 Å². The first-order valence-corrected chi connectivity index (χ1v) is 6.80. The minimum absolute atomic E-state index is 0.0291. The van der Waals surface area contributed by atoms with Crippen LogP contribution in [0.3, 0.4) is 0 Å². The van der Waals surface area contributed by atoms with Crippen molar-refractivity contribution >= 4 is 5.91 Å². The molecular weight excluding hydrogens is 243 g/mol. The summed E-state index contributed by atoms with van der Waals surface area (Å²) in [5.74, 6) is 0.250. The SMILES string of the molecule is CC(C)CCN1C(=O)CC(N)C1c1ccccc1F. The third-order valence-corrected chi connectivity index (χ3v) is 3.64. The monoisotopic (exact) mass is 264 g/mol. The van der Waals surface area contributed by atoms with Crippen molar-refractivity contribution in [3.63, 3.8) is 0 Å². The zero-order valence-corrected chi connectivity index (χ0v) is 11.5. The summed E-state index contributed by atoms with van der Waals surface area (Å²) < 4.78 is 13.9. The topological polar surface area (TPSA) is 46.3 Å². The van der Waals surface area contributed by atoms with E-state index in [0.717, 1.165) is 6.42 Å².